The number of unbranched alkanes of at least 4 members (excludes halogenated alkanes) is 10. The molecule has 0 spiro atoms. The number of rotatable bonds is 19. The molecule has 2 aliphatic heterocycles. The quantitative estimate of drug-likeness (QED) is 0.0705. The molecule has 0 aliphatic carbocycles. The number of esters is 1. The van der Waals surface area contributed by atoms with E-state index in [2.05, 4.69) is 27.7 Å². The van der Waals surface area contributed by atoms with Gasteiger partial charge >= 0.3 is 5.97 Å². The molecule has 3 aromatic rings. The van der Waals surface area contributed by atoms with Gasteiger partial charge in [-0.15, -0.1) is 0 Å². The molecule has 0 bridgehead atoms. The van der Waals surface area contributed by atoms with Crippen molar-refractivity contribution in [2.45, 2.75) is 142 Å². The molecule has 2 fully saturated rings. The van der Waals surface area contributed by atoms with E-state index < -0.39 is 18.5 Å². The minimum Gasteiger partial charge on any atom is -0.423 e. The number of hydrogen-bond donors (Lipinski definition) is 0. The molecule has 0 N–H and O–H groups in total. The van der Waals surface area contributed by atoms with Crippen LogP contribution in [0.5, 0.6) is 5.75 Å². The molecule has 0 radical (unpaired) electrons. The van der Waals surface area contributed by atoms with E-state index in [1.807, 2.05) is 72.8 Å². The Morgan fingerprint density at radius 3 is 1.69 bits per heavy atom. The van der Waals surface area contributed by atoms with Crippen LogP contribution in [0.15, 0.2) is 72.8 Å². The van der Waals surface area contributed by atoms with Crippen molar-refractivity contribution >= 4 is 5.97 Å². The highest BCUT2D eigenvalue weighted by Gasteiger charge is 2.31. The highest BCUT2D eigenvalue weighted by atomic mass is 16.7. The second-order valence-electron chi connectivity index (χ2n) is 14.8. The molecular formula is C45H62O6. The van der Waals surface area contributed by atoms with Crippen LogP contribution in [0.2, 0.25) is 0 Å². The summed E-state index contributed by atoms with van der Waals surface area (Å²) in [6.45, 7) is 10.2. The third-order valence-corrected chi connectivity index (χ3v) is 10.8. The Labute approximate surface area is 307 Å². The molecule has 2 aliphatic rings. The zero-order valence-corrected chi connectivity index (χ0v) is 31.7. The molecule has 278 valence electrons. The van der Waals surface area contributed by atoms with Gasteiger partial charge in [0.2, 0.25) is 0 Å². The average molecular weight is 699 g/mol. The molecule has 2 saturated heterocycles. The van der Waals surface area contributed by atoms with Gasteiger partial charge in [0.05, 0.1) is 31.0 Å². The topological polar surface area (TPSA) is 63.2 Å². The van der Waals surface area contributed by atoms with Crippen molar-refractivity contribution in [1.29, 1.82) is 0 Å². The van der Waals surface area contributed by atoms with Crippen molar-refractivity contribution in [3.05, 3.63) is 89.5 Å². The lowest BCUT2D eigenvalue weighted by Gasteiger charge is -2.35. The van der Waals surface area contributed by atoms with Crippen molar-refractivity contribution in [2.24, 2.45) is 11.8 Å². The van der Waals surface area contributed by atoms with Crippen LogP contribution in [0.3, 0.4) is 0 Å². The molecule has 0 amide bonds. The maximum absolute atomic E-state index is 13.8. The van der Waals surface area contributed by atoms with Crippen LogP contribution in [0.4, 0.5) is 0 Å². The van der Waals surface area contributed by atoms with Gasteiger partial charge in [-0.3, -0.25) is 0 Å². The largest absolute Gasteiger partial charge is 0.423 e. The van der Waals surface area contributed by atoms with E-state index in [0.29, 0.717) is 36.4 Å². The van der Waals surface area contributed by atoms with Gasteiger partial charge in [0.1, 0.15) is 5.75 Å². The zero-order chi connectivity index (χ0) is 35.8. The summed E-state index contributed by atoms with van der Waals surface area (Å²) < 4.78 is 31.1. The standard InChI is InChI=1S/C45H62O6/c1-5-7-9-11-13-16-22-38-31-47-44(49-33(38)3)36-24-27-40(28-25-36)51-43(46)42-30-37(26-29-41(42)35-20-18-15-19-21-35)45-48-32-39(34(4)50-45)23-17-14-12-10-8-6-2/h15,18-21,24-30,33-34,38-39,44-45H,5-14,16-17,22-23,31-32H2,1-4H3. The van der Waals surface area contributed by atoms with Crippen LogP contribution in [-0.4, -0.2) is 31.4 Å². The van der Waals surface area contributed by atoms with Crippen LogP contribution in [0.25, 0.3) is 11.1 Å². The first-order valence-corrected chi connectivity index (χ1v) is 20.0. The Bertz CT molecular complexity index is 1440. The van der Waals surface area contributed by atoms with Gasteiger partial charge in [0.25, 0.3) is 0 Å². The molecule has 6 atom stereocenters. The van der Waals surface area contributed by atoms with E-state index in [0.717, 1.165) is 35.1 Å². The number of carbonyl (C=O) groups is 1. The van der Waals surface area contributed by atoms with E-state index >= 15 is 0 Å². The first-order valence-electron chi connectivity index (χ1n) is 20.0. The summed E-state index contributed by atoms with van der Waals surface area (Å²) in [5.74, 6) is 0.836. The van der Waals surface area contributed by atoms with Gasteiger partial charge in [-0.25, -0.2) is 4.79 Å². The predicted octanol–water partition coefficient (Wildman–Crippen LogP) is 12.2. The van der Waals surface area contributed by atoms with Gasteiger partial charge < -0.3 is 23.7 Å². The maximum atomic E-state index is 13.8. The number of ether oxygens (including phenoxy) is 5. The van der Waals surface area contributed by atoms with Crippen molar-refractivity contribution in [2.75, 3.05) is 13.2 Å². The second-order valence-corrected chi connectivity index (χ2v) is 14.8. The molecule has 3 aromatic carbocycles. The minimum absolute atomic E-state index is 0.0772. The third kappa shape index (κ3) is 11.7. The molecule has 51 heavy (non-hydrogen) atoms. The second kappa shape index (κ2) is 20.9. The third-order valence-electron chi connectivity index (χ3n) is 10.8. The van der Waals surface area contributed by atoms with Crippen LogP contribution in [0, 0.1) is 11.8 Å². The lowest BCUT2D eigenvalue weighted by atomic mass is 9.94. The summed E-state index contributed by atoms with van der Waals surface area (Å²) in [4.78, 5) is 13.8. The minimum atomic E-state index is -0.528. The van der Waals surface area contributed by atoms with Gasteiger partial charge in [0.15, 0.2) is 12.6 Å². The zero-order valence-electron chi connectivity index (χ0n) is 31.7. The number of hydrogen-bond acceptors (Lipinski definition) is 6. The SMILES string of the molecule is CCCCCCCCC1COC(c2ccc(OC(=O)c3cc(C4OCC(CCCCCCCC)C(C)O4)ccc3-c3ccccc3)cc2)OC1C. The van der Waals surface area contributed by atoms with Crippen LogP contribution in [-0.2, 0) is 18.9 Å². The molecule has 6 heteroatoms. The van der Waals surface area contributed by atoms with E-state index in [1.165, 1.54) is 77.0 Å². The molecule has 0 aromatic heterocycles. The maximum Gasteiger partial charge on any atom is 0.344 e. The Morgan fingerprint density at radius 2 is 1.14 bits per heavy atom. The van der Waals surface area contributed by atoms with Gasteiger partial charge in [-0.1, -0.05) is 145 Å². The fraction of sp³-hybridized carbons (Fsp3) is 0.578. The number of carbonyl (C=O) groups excluding carboxylic acids is 1. The predicted molar refractivity (Wildman–Crippen MR) is 205 cm³/mol. The fourth-order valence-electron chi connectivity index (χ4n) is 7.34. The Hall–Kier alpha value is -3.03. The summed E-state index contributed by atoms with van der Waals surface area (Å²) in [5, 5.41) is 0. The van der Waals surface area contributed by atoms with Crippen LogP contribution < -0.4 is 4.74 Å². The number of benzene rings is 3. The molecule has 5 rings (SSSR count). The summed E-state index contributed by atoms with van der Waals surface area (Å²) in [7, 11) is 0. The monoisotopic (exact) mass is 698 g/mol. The van der Waals surface area contributed by atoms with Crippen LogP contribution >= 0.6 is 0 Å². The summed E-state index contributed by atoms with van der Waals surface area (Å²) >= 11 is 0. The van der Waals surface area contributed by atoms with Crippen molar-refractivity contribution in [1.82, 2.24) is 0 Å². The van der Waals surface area contributed by atoms with E-state index in [-0.39, 0.29) is 12.2 Å². The van der Waals surface area contributed by atoms with E-state index in [9.17, 15) is 4.79 Å². The highest BCUT2D eigenvalue weighted by molar-refractivity contribution is 5.98. The Kier molecular flexibility index (Phi) is 16.0. The molecule has 6 unspecified atom stereocenters. The first-order chi connectivity index (χ1) is 25.0. The molecule has 6 nitrogen and oxygen atoms in total. The summed E-state index contributed by atoms with van der Waals surface area (Å²) in [6, 6.07) is 23.3. The van der Waals surface area contributed by atoms with E-state index in [4.69, 9.17) is 23.7 Å². The van der Waals surface area contributed by atoms with E-state index in [1.54, 1.807) is 0 Å². The summed E-state index contributed by atoms with van der Waals surface area (Å²) in [5.41, 5.74) is 3.96. The highest BCUT2D eigenvalue weighted by Crippen LogP contribution is 2.36. The molecular weight excluding hydrogens is 636 g/mol. The Balaban J connectivity index is 1.19. The van der Waals surface area contributed by atoms with Crippen molar-refractivity contribution < 1.29 is 28.5 Å². The van der Waals surface area contributed by atoms with Crippen LogP contribution in [0.1, 0.15) is 152 Å². The van der Waals surface area contributed by atoms with Gasteiger partial charge in [-0.2, -0.15) is 0 Å². The lowest BCUT2D eigenvalue weighted by Crippen LogP contribution is -2.34. The first kappa shape index (κ1) is 39.2. The smallest absolute Gasteiger partial charge is 0.344 e. The van der Waals surface area contributed by atoms with Crippen molar-refractivity contribution in [3.63, 3.8) is 0 Å². The van der Waals surface area contributed by atoms with Gasteiger partial charge in [0, 0.05) is 23.0 Å². The fourth-order valence-corrected chi connectivity index (χ4v) is 7.34. The lowest BCUT2D eigenvalue weighted by molar-refractivity contribution is -0.237. The Morgan fingerprint density at radius 1 is 0.627 bits per heavy atom. The summed E-state index contributed by atoms with van der Waals surface area (Å²) in [6.07, 6.45) is 17.0. The average Bonchev–Trinajstić information content (AvgIpc) is 3.16. The van der Waals surface area contributed by atoms with Crippen molar-refractivity contribution in [3.8, 4) is 16.9 Å². The molecule has 2 heterocycles. The normalized spacial score (nSPS) is 23.6. The molecule has 0 saturated carbocycles. The van der Waals surface area contributed by atoms with Gasteiger partial charge in [-0.05, 0) is 56.0 Å².